The Kier molecular flexibility index (Phi) is 18.4. The van der Waals surface area contributed by atoms with Crippen molar-refractivity contribution in [3.05, 3.63) is 70.2 Å². The first-order valence-corrected chi connectivity index (χ1v) is 16.8. The van der Waals surface area contributed by atoms with E-state index in [1.54, 1.807) is 13.8 Å². The van der Waals surface area contributed by atoms with Crippen LogP contribution in [0.25, 0.3) is 0 Å². The predicted molar refractivity (Wildman–Crippen MR) is 171 cm³/mol. The quantitative estimate of drug-likeness (QED) is 0.313. The Morgan fingerprint density at radius 1 is 0.875 bits per heavy atom. The van der Waals surface area contributed by atoms with Crippen molar-refractivity contribution in [2.24, 2.45) is 17.8 Å². The highest BCUT2D eigenvalue weighted by atomic mass is 35.5. The molecule has 1 aliphatic rings. The molecule has 40 heavy (non-hydrogen) atoms. The standard InChI is InChI=1S/C20H28ClNO2.C6H5Cl.C4H10O2S.C2H6/c1-13(2)12-22-18(15-5-8-17(21)9-6-15)10-7-16(20(22)24)11-19(23)14(3)4;7-6-4-2-1-3-5-6;1-4(2)7(3,5)6;1-2/h5-6,8-9,13-14,16,18H,7,10-12H2,1-4H3;1-5H;4H,1-3H3;1-2H3. The summed E-state index contributed by atoms with van der Waals surface area (Å²) in [5.74, 6) is 0.530. The van der Waals surface area contributed by atoms with Crippen LogP contribution >= 0.6 is 23.2 Å². The number of amides is 1. The number of Topliss-reactive ketones (excluding diaryl/α,β-unsaturated/α-hetero) is 1. The average molecular weight is 615 g/mol. The molecule has 2 aromatic rings. The van der Waals surface area contributed by atoms with Crippen molar-refractivity contribution in [3.63, 3.8) is 0 Å². The molecule has 5 nitrogen and oxygen atoms in total. The fourth-order valence-corrected chi connectivity index (χ4v) is 4.02. The van der Waals surface area contributed by atoms with Gasteiger partial charge in [-0.3, -0.25) is 9.59 Å². The van der Waals surface area contributed by atoms with Gasteiger partial charge in [0.2, 0.25) is 5.91 Å². The van der Waals surface area contributed by atoms with Crippen molar-refractivity contribution in [1.29, 1.82) is 0 Å². The van der Waals surface area contributed by atoms with E-state index in [-0.39, 0.29) is 34.8 Å². The molecular formula is C32H49Cl2NO4S. The molecule has 0 radical (unpaired) electrons. The first-order valence-electron chi connectivity index (χ1n) is 14.1. The number of rotatable bonds is 7. The summed E-state index contributed by atoms with van der Waals surface area (Å²) in [5, 5.41) is 1.27. The second-order valence-electron chi connectivity index (χ2n) is 10.7. The largest absolute Gasteiger partial charge is 0.335 e. The maximum absolute atomic E-state index is 13.0. The van der Waals surface area contributed by atoms with Crippen LogP contribution in [-0.4, -0.2) is 43.1 Å². The Morgan fingerprint density at radius 3 is 1.73 bits per heavy atom. The molecule has 2 atom stereocenters. The van der Waals surface area contributed by atoms with E-state index in [2.05, 4.69) is 13.8 Å². The molecule has 1 aliphatic heterocycles. The van der Waals surface area contributed by atoms with Gasteiger partial charge in [0.1, 0.15) is 15.6 Å². The summed E-state index contributed by atoms with van der Waals surface area (Å²) in [6.45, 7) is 16.1. The number of sulfone groups is 1. The fraction of sp³-hybridized carbons (Fsp3) is 0.562. The van der Waals surface area contributed by atoms with E-state index in [1.165, 1.54) is 6.26 Å². The van der Waals surface area contributed by atoms with E-state index in [0.29, 0.717) is 17.4 Å². The molecule has 3 rings (SSSR count). The summed E-state index contributed by atoms with van der Waals surface area (Å²) in [6, 6.07) is 17.3. The monoisotopic (exact) mass is 613 g/mol. The molecular weight excluding hydrogens is 565 g/mol. The van der Waals surface area contributed by atoms with Gasteiger partial charge in [0, 0.05) is 41.1 Å². The maximum atomic E-state index is 13.0. The number of hydrogen-bond donors (Lipinski definition) is 0. The summed E-state index contributed by atoms with van der Waals surface area (Å²) in [6.07, 6.45) is 3.28. The Labute approximate surface area is 253 Å². The van der Waals surface area contributed by atoms with Crippen LogP contribution in [0.2, 0.25) is 10.0 Å². The van der Waals surface area contributed by atoms with Gasteiger partial charge in [0.25, 0.3) is 0 Å². The topological polar surface area (TPSA) is 71.5 Å². The molecule has 1 amide bonds. The second-order valence-corrected chi connectivity index (χ2v) is 14.2. The zero-order valence-corrected chi connectivity index (χ0v) is 28.0. The lowest BCUT2D eigenvalue weighted by atomic mass is 9.84. The minimum atomic E-state index is -2.74. The molecule has 1 heterocycles. The van der Waals surface area contributed by atoms with Crippen molar-refractivity contribution >= 4 is 44.7 Å². The van der Waals surface area contributed by atoms with Crippen molar-refractivity contribution in [2.75, 3.05) is 12.8 Å². The zero-order chi connectivity index (χ0) is 31.0. The van der Waals surface area contributed by atoms with Gasteiger partial charge in [-0.15, -0.1) is 0 Å². The van der Waals surface area contributed by atoms with Gasteiger partial charge in [-0.05, 0) is 62.4 Å². The minimum Gasteiger partial charge on any atom is -0.335 e. The molecule has 2 aromatic carbocycles. The molecule has 8 heteroatoms. The highest BCUT2D eigenvalue weighted by Crippen LogP contribution is 2.36. The second kappa shape index (κ2) is 19.3. The fourth-order valence-electron chi connectivity index (χ4n) is 3.75. The van der Waals surface area contributed by atoms with E-state index in [4.69, 9.17) is 23.2 Å². The number of piperidine rings is 1. The van der Waals surface area contributed by atoms with Crippen LogP contribution in [0, 0.1) is 17.8 Å². The van der Waals surface area contributed by atoms with Crippen LogP contribution in [0.4, 0.5) is 0 Å². The molecule has 0 bridgehead atoms. The third-order valence-electron chi connectivity index (χ3n) is 6.29. The summed E-state index contributed by atoms with van der Waals surface area (Å²) in [7, 11) is -2.74. The Hall–Kier alpha value is -1.89. The van der Waals surface area contributed by atoms with Crippen LogP contribution < -0.4 is 0 Å². The van der Waals surface area contributed by atoms with Crippen LogP contribution in [0.5, 0.6) is 0 Å². The summed E-state index contributed by atoms with van der Waals surface area (Å²) >= 11 is 11.5. The predicted octanol–water partition coefficient (Wildman–Crippen LogP) is 8.70. The third kappa shape index (κ3) is 14.7. The summed E-state index contributed by atoms with van der Waals surface area (Å²) < 4.78 is 20.7. The van der Waals surface area contributed by atoms with Crippen molar-refractivity contribution < 1.29 is 18.0 Å². The Balaban J connectivity index is 0.000000773. The highest BCUT2D eigenvalue weighted by Gasteiger charge is 2.37. The first kappa shape index (κ1) is 38.1. The van der Waals surface area contributed by atoms with Gasteiger partial charge >= 0.3 is 0 Å². The lowest BCUT2D eigenvalue weighted by Gasteiger charge is -2.40. The van der Waals surface area contributed by atoms with Crippen molar-refractivity contribution in [2.45, 2.75) is 85.9 Å². The van der Waals surface area contributed by atoms with Crippen molar-refractivity contribution in [1.82, 2.24) is 4.90 Å². The molecule has 0 spiro atoms. The van der Waals surface area contributed by atoms with E-state index in [9.17, 15) is 18.0 Å². The molecule has 1 fully saturated rings. The van der Waals surface area contributed by atoms with Crippen LogP contribution in [0.1, 0.15) is 86.3 Å². The number of carbonyl (C=O) groups is 2. The maximum Gasteiger partial charge on any atom is 0.226 e. The molecule has 2 unspecified atom stereocenters. The lowest BCUT2D eigenvalue weighted by molar-refractivity contribution is -0.145. The van der Waals surface area contributed by atoms with Crippen LogP contribution in [0.15, 0.2) is 54.6 Å². The number of ketones is 1. The van der Waals surface area contributed by atoms with Gasteiger partial charge in [-0.25, -0.2) is 8.42 Å². The number of halogens is 2. The molecule has 0 aromatic heterocycles. The van der Waals surface area contributed by atoms with Gasteiger partial charge in [-0.2, -0.15) is 0 Å². The van der Waals surface area contributed by atoms with Crippen LogP contribution in [0.3, 0.4) is 0 Å². The summed E-state index contributed by atoms with van der Waals surface area (Å²) in [4.78, 5) is 27.1. The van der Waals surface area contributed by atoms with Gasteiger partial charge in [-0.1, -0.05) is 95.1 Å². The van der Waals surface area contributed by atoms with Gasteiger partial charge in [0.05, 0.1) is 11.3 Å². The number of carbonyl (C=O) groups excluding carboxylic acids is 2. The molecule has 1 saturated heterocycles. The summed E-state index contributed by atoms with van der Waals surface area (Å²) in [5.41, 5.74) is 1.13. The minimum absolute atomic E-state index is 0.00895. The highest BCUT2D eigenvalue weighted by molar-refractivity contribution is 7.91. The van der Waals surface area contributed by atoms with E-state index in [0.717, 1.165) is 30.0 Å². The average Bonchev–Trinajstić information content (AvgIpc) is 2.88. The molecule has 0 saturated carbocycles. The zero-order valence-electron chi connectivity index (χ0n) is 25.7. The normalized spacial score (nSPS) is 16.9. The molecule has 226 valence electrons. The lowest BCUT2D eigenvalue weighted by Crippen LogP contribution is -2.45. The smallest absolute Gasteiger partial charge is 0.226 e. The first-order chi connectivity index (χ1) is 18.6. The number of hydrogen-bond acceptors (Lipinski definition) is 4. The Morgan fingerprint density at radius 2 is 1.35 bits per heavy atom. The Bertz CT molecular complexity index is 1100. The number of nitrogens with zero attached hydrogens (tertiary/aromatic N) is 1. The molecule has 0 N–H and O–H groups in total. The van der Waals surface area contributed by atoms with Gasteiger partial charge in [0.15, 0.2) is 0 Å². The van der Waals surface area contributed by atoms with Crippen molar-refractivity contribution in [3.8, 4) is 0 Å². The van der Waals surface area contributed by atoms with E-state index in [1.807, 2.05) is 87.2 Å². The van der Waals surface area contributed by atoms with E-state index >= 15 is 0 Å². The number of benzene rings is 2. The molecule has 0 aliphatic carbocycles. The van der Waals surface area contributed by atoms with Crippen LogP contribution in [-0.2, 0) is 19.4 Å². The van der Waals surface area contributed by atoms with E-state index < -0.39 is 9.84 Å². The van der Waals surface area contributed by atoms with Gasteiger partial charge < -0.3 is 4.90 Å². The number of likely N-dealkylation sites (tertiary alicyclic amines) is 1. The third-order valence-corrected chi connectivity index (χ3v) is 8.51. The SMILES string of the molecule is CC.CC(C)CN1C(=O)C(CC(=O)C(C)C)CCC1c1ccc(Cl)cc1.CC(C)S(C)(=O)=O.Clc1ccccc1.